The van der Waals surface area contributed by atoms with Gasteiger partial charge in [0.05, 0.1) is 10.7 Å². The lowest BCUT2D eigenvalue weighted by atomic mass is 10.2. The molecular weight excluding hydrogens is 422 g/mol. The molecule has 2 aromatic heterocycles. The highest BCUT2D eigenvalue weighted by molar-refractivity contribution is 9.10. The number of nitrogens with zero attached hydrogens (tertiary/aromatic N) is 2. The Labute approximate surface area is 164 Å². The minimum Gasteiger partial charge on any atom is -0.435 e. The number of pyridine rings is 2. The maximum atomic E-state index is 6.10. The number of halogens is 2. The first-order valence-electron chi connectivity index (χ1n) is 7.47. The van der Waals surface area contributed by atoms with Crippen molar-refractivity contribution in [2.45, 2.75) is 18.7 Å². The van der Waals surface area contributed by atoms with Crippen LogP contribution in [0.1, 0.15) is 11.3 Å². The molecule has 3 rings (SSSR count). The number of rotatable bonds is 5. The van der Waals surface area contributed by atoms with Crippen molar-refractivity contribution in [3.05, 3.63) is 69.5 Å². The van der Waals surface area contributed by atoms with Gasteiger partial charge in [-0.3, -0.25) is 4.98 Å². The van der Waals surface area contributed by atoms with E-state index in [1.54, 1.807) is 18.5 Å². The standard InChI is InChI=1S/C18H15BrClN3OS/c1-11-8-13(19)5-6-17(11)25-23-15-9-14(20)10-22-18(15)24-16-4-3-7-21-12(16)2/h3-10,23H,1-2H3. The normalized spacial score (nSPS) is 10.6. The fourth-order valence-corrected chi connectivity index (χ4v) is 3.46. The largest absolute Gasteiger partial charge is 0.435 e. The highest BCUT2D eigenvalue weighted by atomic mass is 79.9. The van der Waals surface area contributed by atoms with E-state index in [4.69, 9.17) is 16.3 Å². The number of hydrogen-bond donors (Lipinski definition) is 1. The van der Waals surface area contributed by atoms with Crippen LogP contribution in [0.2, 0.25) is 5.02 Å². The number of aryl methyl sites for hydroxylation is 2. The highest BCUT2D eigenvalue weighted by Crippen LogP contribution is 2.34. The first kappa shape index (κ1) is 18.0. The van der Waals surface area contributed by atoms with Gasteiger partial charge in [0.1, 0.15) is 5.69 Å². The zero-order valence-corrected chi connectivity index (χ0v) is 16.7. The van der Waals surface area contributed by atoms with Crippen LogP contribution in [0, 0.1) is 13.8 Å². The lowest BCUT2D eigenvalue weighted by Gasteiger charge is -2.13. The van der Waals surface area contributed by atoms with E-state index in [1.165, 1.54) is 11.9 Å². The van der Waals surface area contributed by atoms with Crippen LogP contribution >= 0.6 is 39.5 Å². The van der Waals surface area contributed by atoms with E-state index in [0.29, 0.717) is 22.3 Å². The number of ether oxygens (including phenoxy) is 1. The molecule has 128 valence electrons. The number of anilines is 1. The van der Waals surface area contributed by atoms with Crippen LogP contribution in [0.3, 0.4) is 0 Å². The molecule has 0 bridgehead atoms. The van der Waals surface area contributed by atoms with Crippen LogP contribution in [0.25, 0.3) is 0 Å². The minimum atomic E-state index is 0.447. The number of benzene rings is 1. The fourth-order valence-electron chi connectivity index (χ4n) is 2.10. The maximum Gasteiger partial charge on any atom is 0.243 e. The fraction of sp³-hybridized carbons (Fsp3) is 0.111. The van der Waals surface area contributed by atoms with Gasteiger partial charge in [0.15, 0.2) is 5.75 Å². The predicted octanol–water partition coefficient (Wildman–Crippen LogP) is 6.42. The van der Waals surface area contributed by atoms with E-state index < -0.39 is 0 Å². The Morgan fingerprint density at radius 2 is 2.00 bits per heavy atom. The van der Waals surface area contributed by atoms with E-state index in [-0.39, 0.29) is 0 Å². The zero-order chi connectivity index (χ0) is 17.8. The summed E-state index contributed by atoms with van der Waals surface area (Å²) in [4.78, 5) is 9.63. The van der Waals surface area contributed by atoms with Gasteiger partial charge in [-0.15, -0.1) is 0 Å². The van der Waals surface area contributed by atoms with E-state index in [2.05, 4.69) is 43.6 Å². The molecule has 0 fully saturated rings. The highest BCUT2D eigenvalue weighted by Gasteiger charge is 2.11. The smallest absolute Gasteiger partial charge is 0.243 e. The molecule has 1 N–H and O–H groups in total. The quantitative estimate of drug-likeness (QED) is 0.467. The van der Waals surface area contributed by atoms with Crippen molar-refractivity contribution >= 4 is 45.2 Å². The first-order valence-corrected chi connectivity index (χ1v) is 9.45. The third-order valence-corrected chi connectivity index (χ3v) is 5.09. The second-order valence-electron chi connectivity index (χ2n) is 5.31. The van der Waals surface area contributed by atoms with Crippen LogP contribution in [0.15, 0.2) is 58.2 Å². The molecule has 3 aromatic rings. The SMILES string of the molecule is Cc1cc(Br)ccc1SNc1cc(Cl)cnc1Oc1cccnc1C. The molecule has 1 aromatic carbocycles. The summed E-state index contributed by atoms with van der Waals surface area (Å²) in [5.74, 6) is 1.10. The number of aromatic nitrogens is 2. The molecule has 2 heterocycles. The molecule has 0 saturated carbocycles. The van der Waals surface area contributed by atoms with Crippen molar-refractivity contribution in [3.63, 3.8) is 0 Å². The van der Waals surface area contributed by atoms with Gasteiger partial charge in [-0.1, -0.05) is 27.5 Å². The van der Waals surface area contributed by atoms with E-state index in [0.717, 1.165) is 20.6 Å². The Kier molecular flexibility index (Phi) is 5.83. The van der Waals surface area contributed by atoms with Gasteiger partial charge in [0.25, 0.3) is 0 Å². The lowest BCUT2D eigenvalue weighted by Crippen LogP contribution is -1.97. The van der Waals surface area contributed by atoms with E-state index in [9.17, 15) is 0 Å². The van der Waals surface area contributed by atoms with Crippen LogP contribution in [0.5, 0.6) is 11.6 Å². The number of hydrogen-bond acceptors (Lipinski definition) is 5. The van der Waals surface area contributed by atoms with Crippen molar-refractivity contribution in [1.29, 1.82) is 0 Å². The molecule has 0 atom stereocenters. The van der Waals surface area contributed by atoms with Crippen LogP contribution < -0.4 is 9.46 Å². The maximum absolute atomic E-state index is 6.10. The summed E-state index contributed by atoms with van der Waals surface area (Å²) in [6.07, 6.45) is 3.28. The van der Waals surface area contributed by atoms with Crippen molar-refractivity contribution in [2.75, 3.05) is 4.72 Å². The molecule has 0 amide bonds. The van der Waals surface area contributed by atoms with E-state index in [1.807, 2.05) is 31.2 Å². The molecule has 0 aliphatic rings. The molecule has 0 radical (unpaired) electrons. The summed E-state index contributed by atoms with van der Waals surface area (Å²) in [7, 11) is 0. The van der Waals surface area contributed by atoms with Crippen molar-refractivity contribution in [3.8, 4) is 11.6 Å². The third-order valence-electron chi connectivity index (χ3n) is 3.39. The summed E-state index contributed by atoms with van der Waals surface area (Å²) < 4.78 is 10.2. The van der Waals surface area contributed by atoms with Gasteiger partial charge in [-0.2, -0.15) is 0 Å². The molecule has 0 aliphatic heterocycles. The molecular formula is C18H15BrClN3OS. The van der Waals surface area contributed by atoms with Gasteiger partial charge in [0, 0.05) is 21.8 Å². The molecule has 4 nitrogen and oxygen atoms in total. The Balaban J connectivity index is 1.83. The van der Waals surface area contributed by atoms with E-state index >= 15 is 0 Å². The van der Waals surface area contributed by atoms with Crippen LogP contribution in [-0.4, -0.2) is 9.97 Å². The molecule has 0 spiro atoms. The lowest BCUT2D eigenvalue weighted by molar-refractivity contribution is 0.459. The van der Waals surface area contributed by atoms with Gasteiger partial charge in [-0.25, -0.2) is 4.98 Å². The zero-order valence-electron chi connectivity index (χ0n) is 13.6. The van der Waals surface area contributed by atoms with Gasteiger partial charge in [0.2, 0.25) is 5.88 Å². The predicted molar refractivity (Wildman–Crippen MR) is 107 cm³/mol. The second-order valence-corrected chi connectivity index (χ2v) is 7.51. The van der Waals surface area contributed by atoms with Gasteiger partial charge in [-0.05, 0) is 67.8 Å². The Morgan fingerprint density at radius 3 is 2.76 bits per heavy atom. The van der Waals surface area contributed by atoms with Crippen molar-refractivity contribution in [1.82, 2.24) is 9.97 Å². The van der Waals surface area contributed by atoms with Crippen LogP contribution in [0.4, 0.5) is 5.69 Å². The minimum absolute atomic E-state index is 0.447. The molecule has 25 heavy (non-hydrogen) atoms. The first-order chi connectivity index (χ1) is 12.0. The average molecular weight is 437 g/mol. The summed E-state index contributed by atoms with van der Waals surface area (Å²) in [6, 6.07) is 11.6. The molecule has 0 saturated heterocycles. The number of nitrogens with one attached hydrogen (secondary N) is 1. The van der Waals surface area contributed by atoms with Gasteiger partial charge < -0.3 is 9.46 Å². The summed E-state index contributed by atoms with van der Waals surface area (Å²) in [5, 5.41) is 0.533. The Hall–Kier alpha value is -1.76. The summed E-state index contributed by atoms with van der Waals surface area (Å²) in [6.45, 7) is 3.94. The van der Waals surface area contributed by atoms with Crippen molar-refractivity contribution < 1.29 is 4.74 Å². The molecule has 0 aliphatic carbocycles. The monoisotopic (exact) mass is 435 g/mol. The topological polar surface area (TPSA) is 47.0 Å². The third kappa shape index (κ3) is 4.66. The summed E-state index contributed by atoms with van der Waals surface area (Å²) >= 11 is 11.1. The molecule has 0 unspecified atom stereocenters. The van der Waals surface area contributed by atoms with Gasteiger partial charge >= 0.3 is 0 Å². The molecule has 7 heteroatoms. The Bertz CT molecular complexity index is 907. The average Bonchev–Trinajstić information content (AvgIpc) is 2.58. The second kappa shape index (κ2) is 8.08. The Morgan fingerprint density at radius 1 is 1.16 bits per heavy atom. The summed E-state index contributed by atoms with van der Waals surface area (Å²) in [5.41, 5.74) is 2.65. The van der Waals surface area contributed by atoms with Crippen molar-refractivity contribution in [2.24, 2.45) is 0 Å². The van der Waals surface area contributed by atoms with Crippen LogP contribution in [-0.2, 0) is 0 Å².